The third-order valence-electron chi connectivity index (χ3n) is 2.95. The third-order valence-corrected chi connectivity index (χ3v) is 3.88. The molecule has 3 atom stereocenters. The average molecular weight is 265 g/mol. The first kappa shape index (κ1) is 12.0. The van der Waals surface area contributed by atoms with Gasteiger partial charge in [-0.1, -0.05) is 29.3 Å². The van der Waals surface area contributed by atoms with Crippen molar-refractivity contribution < 1.29 is 14.6 Å². The Kier molecular flexibility index (Phi) is 3.95. The second-order valence-corrected chi connectivity index (χ2v) is 5.19. The zero-order valence-electron chi connectivity index (χ0n) is 8.62. The van der Waals surface area contributed by atoms with Crippen molar-refractivity contribution in [2.75, 3.05) is 7.11 Å². The van der Waals surface area contributed by atoms with Crippen LogP contribution in [0.25, 0.3) is 0 Å². The number of alkyl halides is 1. The van der Waals surface area contributed by atoms with Gasteiger partial charge >= 0.3 is 5.97 Å². The molecule has 3 unspecified atom stereocenters. The smallest absolute Gasteiger partial charge is 0.311 e. The Labute approximate surface area is 93.0 Å². The van der Waals surface area contributed by atoms with E-state index in [4.69, 9.17) is 4.74 Å². The van der Waals surface area contributed by atoms with Gasteiger partial charge in [-0.2, -0.15) is 0 Å². The lowest BCUT2D eigenvalue weighted by molar-refractivity contribution is -0.153. The highest BCUT2D eigenvalue weighted by atomic mass is 79.9. The highest BCUT2D eigenvalue weighted by Crippen LogP contribution is 2.45. The van der Waals surface area contributed by atoms with Gasteiger partial charge in [0.25, 0.3) is 0 Å². The summed E-state index contributed by atoms with van der Waals surface area (Å²) in [5.41, 5.74) is -0.461. The molecular weight excluding hydrogens is 248 g/mol. The van der Waals surface area contributed by atoms with Gasteiger partial charge in [-0.25, -0.2) is 0 Å². The fourth-order valence-electron chi connectivity index (χ4n) is 2.29. The Morgan fingerprint density at radius 3 is 2.64 bits per heavy atom. The van der Waals surface area contributed by atoms with Gasteiger partial charge in [-0.3, -0.25) is 4.79 Å². The normalized spacial score (nSPS) is 37.1. The standard InChI is InChI=1S/C10H17BrO3/c1-3-4-10(9(13)14-2)5-7(11)8(12)6-10/h7-8,12H,3-6H2,1-2H3. The molecule has 14 heavy (non-hydrogen) atoms. The van der Waals surface area contributed by atoms with Crippen molar-refractivity contribution in [2.24, 2.45) is 5.41 Å². The van der Waals surface area contributed by atoms with Crippen LogP contribution in [0.4, 0.5) is 0 Å². The summed E-state index contributed by atoms with van der Waals surface area (Å²) in [4.78, 5) is 11.7. The molecule has 0 radical (unpaired) electrons. The molecule has 1 saturated carbocycles. The largest absolute Gasteiger partial charge is 0.469 e. The molecule has 0 aromatic carbocycles. The molecule has 0 amide bonds. The monoisotopic (exact) mass is 264 g/mol. The van der Waals surface area contributed by atoms with Crippen LogP contribution in [0.1, 0.15) is 32.6 Å². The van der Waals surface area contributed by atoms with E-state index in [-0.39, 0.29) is 10.8 Å². The minimum absolute atomic E-state index is 0.0214. The van der Waals surface area contributed by atoms with Gasteiger partial charge < -0.3 is 9.84 Å². The average Bonchev–Trinajstić information content (AvgIpc) is 2.43. The first-order valence-corrected chi connectivity index (χ1v) is 5.88. The van der Waals surface area contributed by atoms with E-state index in [2.05, 4.69) is 15.9 Å². The predicted molar refractivity (Wildman–Crippen MR) is 57.3 cm³/mol. The van der Waals surface area contributed by atoms with E-state index in [0.717, 1.165) is 12.8 Å². The lowest BCUT2D eigenvalue weighted by atomic mass is 9.81. The molecule has 0 bridgehead atoms. The van der Waals surface area contributed by atoms with Crippen LogP contribution in [0, 0.1) is 5.41 Å². The number of carbonyl (C=O) groups excluding carboxylic acids is 1. The quantitative estimate of drug-likeness (QED) is 0.626. The maximum atomic E-state index is 11.7. The van der Waals surface area contributed by atoms with Crippen molar-refractivity contribution >= 4 is 21.9 Å². The second-order valence-electron chi connectivity index (χ2n) is 4.01. The van der Waals surface area contributed by atoms with Crippen LogP contribution < -0.4 is 0 Å². The van der Waals surface area contributed by atoms with Gasteiger partial charge in [0.2, 0.25) is 0 Å². The molecule has 0 saturated heterocycles. The maximum absolute atomic E-state index is 11.7. The number of hydrogen-bond donors (Lipinski definition) is 1. The summed E-state index contributed by atoms with van der Waals surface area (Å²) >= 11 is 3.39. The van der Waals surface area contributed by atoms with Gasteiger partial charge in [-0.05, 0) is 19.3 Å². The van der Waals surface area contributed by atoms with Crippen LogP contribution >= 0.6 is 15.9 Å². The summed E-state index contributed by atoms with van der Waals surface area (Å²) in [6.45, 7) is 2.04. The van der Waals surface area contributed by atoms with Crippen LogP contribution in [0.2, 0.25) is 0 Å². The van der Waals surface area contributed by atoms with Gasteiger partial charge in [0.15, 0.2) is 0 Å². The van der Waals surface area contributed by atoms with E-state index in [1.807, 2.05) is 6.92 Å². The van der Waals surface area contributed by atoms with E-state index >= 15 is 0 Å². The zero-order chi connectivity index (χ0) is 10.8. The van der Waals surface area contributed by atoms with E-state index in [1.54, 1.807) is 0 Å². The number of halogens is 1. The minimum atomic E-state index is -0.461. The Morgan fingerprint density at radius 2 is 2.29 bits per heavy atom. The van der Waals surface area contributed by atoms with Gasteiger partial charge in [-0.15, -0.1) is 0 Å². The number of ether oxygens (including phenoxy) is 1. The van der Waals surface area contributed by atoms with Crippen molar-refractivity contribution in [3.8, 4) is 0 Å². The van der Waals surface area contributed by atoms with E-state index < -0.39 is 11.5 Å². The molecule has 0 spiro atoms. The molecule has 3 nitrogen and oxygen atoms in total. The zero-order valence-corrected chi connectivity index (χ0v) is 10.2. The summed E-state index contributed by atoms with van der Waals surface area (Å²) in [7, 11) is 1.41. The number of aliphatic hydroxyl groups excluding tert-OH is 1. The maximum Gasteiger partial charge on any atom is 0.311 e. The highest BCUT2D eigenvalue weighted by molar-refractivity contribution is 9.09. The molecule has 1 fully saturated rings. The van der Waals surface area contributed by atoms with Gasteiger partial charge in [0.05, 0.1) is 18.6 Å². The first-order chi connectivity index (χ1) is 6.55. The van der Waals surface area contributed by atoms with Crippen LogP contribution in [0.5, 0.6) is 0 Å². The molecule has 0 heterocycles. The summed E-state index contributed by atoms with van der Waals surface area (Å²) in [5, 5.41) is 9.65. The first-order valence-electron chi connectivity index (χ1n) is 4.96. The number of esters is 1. The van der Waals surface area contributed by atoms with Crippen molar-refractivity contribution in [1.29, 1.82) is 0 Å². The molecule has 0 aliphatic heterocycles. The molecule has 1 aliphatic rings. The SMILES string of the molecule is CCCC1(C(=O)OC)CC(O)C(Br)C1. The Balaban J connectivity index is 2.79. The molecule has 1 aliphatic carbocycles. The molecular formula is C10H17BrO3. The molecule has 0 aromatic rings. The van der Waals surface area contributed by atoms with E-state index in [9.17, 15) is 9.90 Å². The summed E-state index contributed by atoms with van der Waals surface area (Å²) in [6.07, 6.45) is 2.49. The number of rotatable bonds is 3. The molecule has 0 aromatic heterocycles. The summed E-state index contributed by atoms with van der Waals surface area (Å²) < 4.78 is 4.82. The summed E-state index contributed by atoms with van der Waals surface area (Å²) in [6, 6.07) is 0. The van der Waals surface area contributed by atoms with Crippen molar-refractivity contribution in [2.45, 2.75) is 43.5 Å². The fraction of sp³-hybridized carbons (Fsp3) is 0.900. The molecule has 1 N–H and O–H groups in total. The van der Waals surface area contributed by atoms with Crippen LogP contribution in [0.3, 0.4) is 0 Å². The fourth-order valence-corrected chi connectivity index (χ4v) is 3.10. The van der Waals surface area contributed by atoms with Gasteiger partial charge in [0.1, 0.15) is 0 Å². The number of carbonyl (C=O) groups is 1. The lowest BCUT2D eigenvalue weighted by Gasteiger charge is -2.25. The Bertz CT molecular complexity index is 207. The Hall–Kier alpha value is -0.0900. The van der Waals surface area contributed by atoms with Crippen LogP contribution in [-0.4, -0.2) is 29.1 Å². The van der Waals surface area contributed by atoms with Crippen molar-refractivity contribution in [3.63, 3.8) is 0 Å². The molecule has 4 heteroatoms. The predicted octanol–water partition coefficient (Wildman–Crippen LogP) is 1.86. The van der Waals surface area contributed by atoms with E-state index in [1.165, 1.54) is 7.11 Å². The van der Waals surface area contributed by atoms with Crippen LogP contribution in [0.15, 0.2) is 0 Å². The molecule has 1 rings (SSSR count). The minimum Gasteiger partial charge on any atom is -0.469 e. The second kappa shape index (κ2) is 4.62. The third kappa shape index (κ3) is 2.11. The van der Waals surface area contributed by atoms with E-state index in [0.29, 0.717) is 12.8 Å². The number of methoxy groups -OCH3 is 1. The lowest BCUT2D eigenvalue weighted by Crippen LogP contribution is -2.30. The topological polar surface area (TPSA) is 46.5 Å². The van der Waals surface area contributed by atoms with Crippen LogP contribution in [-0.2, 0) is 9.53 Å². The summed E-state index contributed by atoms with van der Waals surface area (Å²) in [5.74, 6) is -0.180. The number of hydrogen-bond acceptors (Lipinski definition) is 3. The number of aliphatic hydroxyl groups is 1. The van der Waals surface area contributed by atoms with Crippen molar-refractivity contribution in [1.82, 2.24) is 0 Å². The highest BCUT2D eigenvalue weighted by Gasteiger charge is 2.49. The van der Waals surface area contributed by atoms with Gasteiger partial charge in [0, 0.05) is 4.83 Å². The molecule has 82 valence electrons. The Morgan fingerprint density at radius 1 is 1.64 bits per heavy atom. The van der Waals surface area contributed by atoms with Crippen molar-refractivity contribution in [3.05, 3.63) is 0 Å².